The molecule has 0 aliphatic rings. The number of hydrogen-bond acceptors (Lipinski definition) is 5. The van der Waals surface area contributed by atoms with Gasteiger partial charge in [0, 0.05) is 19.6 Å². The van der Waals surface area contributed by atoms with Crippen LogP contribution in [0.1, 0.15) is 26.8 Å². The van der Waals surface area contributed by atoms with Crippen LogP contribution in [0.5, 0.6) is 0 Å². The number of methoxy groups -OCH3 is 1. The number of thiazole rings is 1. The van der Waals surface area contributed by atoms with Crippen molar-refractivity contribution in [2.24, 2.45) is 5.73 Å². The summed E-state index contributed by atoms with van der Waals surface area (Å²) in [6.07, 6.45) is 0.316. The highest BCUT2D eigenvalue weighted by Crippen LogP contribution is 2.19. The highest BCUT2D eigenvalue weighted by molar-refractivity contribution is 7.13. The molecule has 0 aliphatic carbocycles. The van der Waals surface area contributed by atoms with Crippen LogP contribution in [-0.2, 0) is 4.74 Å². The van der Waals surface area contributed by atoms with Crippen molar-refractivity contribution >= 4 is 17.1 Å². The van der Waals surface area contributed by atoms with E-state index in [-0.39, 0.29) is 11.8 Å². The fraction of sp³-hybridized carbons (Fsp3) is 0.600. The Balaban J connectivity index is 2.65. The SMILES string of the molecule is COCC(N)CC(=O)c1sc(C)nc1C. The molecule has 1 rings (SSSR count). The van der Waals surface area contributed by atoms with Crippen molar-refractivity contribution in [1.82, 2.24) is 4.98 Å². The fourth-order valence-corrected chi connectivity index (χ4v) is 2.26. The van der Waals surface area contributed by atoms with E-state index in [1.54, 1.807) is 7.11 Å². The van der Waals surface area contributed by atoms with Gasteiger partial charge in [0.2, 0.25) is 0 Å². The van der Waals surface area contributed by atoms with Crippen molar-refractivity contribution in [3.05, 3.63) is 15.6 Å². The van der Waals surface area contributed by atoms with Crippen molar-refractivity contribution in [1.29, 1.82) is 0 Å². The van der Waals surface area contributed by atoms with E-state index in [1.807, 2.05) is 13.8 Å². The van der Waals surface area contributed by atoms with Gasteiger partial charge in [0.05, 0.1) is 22.2 Å². The van der Waals surface area contributed by atoms with Crippen LogP contribution in [0.3, 0.4) is 0 Å². The minimum absolute atomic E-state index is 0.0580. The second-order valence-corrected chi connectivity index (χ2v) is 4.69. The van der Waals surface area contributed by atoms with E-state index in [4.69, 9.17) is 10.5 Å². The average molecular weight is 228 g/mol. The van der Waals surface area contributed by atoms with Gasteiger partial charge in [0.1, 0.15) is 0 Å². The minimum Gasteiger partial charge on any atom is -0.383 e. The fourth-order valence-electron chi connectivity index (χ4n) is 1.39. The standard InChI is InChI=1S/C10H16N2O2S/c1-6-10(15-7(2)12-6)9(13)4-8(11)5-14-3/h8H,4-5,11H2,1-3H3. The number of nitrogens with zero attached hydrogens (tertiary/aromatic N) is 1. The second kappa shape index (κ2) is 5.34. The van der Waals surface area contributed by atoms with Gasteiger partial charge in [0.15, 0.2) is 5.78 Å². The van der Waals surface area contributed by atoms with Crippen LogP contribution in [0, 0.1) is 13.8 Å². The molecule has 1 aromatic rings. The molecular weight excluding hydrogens is 212 g/mol. The molecule has 0 spiro atoms. The van der Waals surface area contributed by atoms with E-state index in [0.717, 1.165) is 15.6 Å². The summed E-state index contributed by atoms with van der Waals surface area (Å²) in [4.78, 5) is 16.7. The Morgan fingerprint density at radius 2 is 2.27 bits per heavy atom. The number of Topliss-reactive ketones (excluding diaryl/α,β-unsaturated/α-hetero) is 1. The van der Waals surface area contributed by atoms with Crippen molar-refractivity contribution in [3.63, 3.8) is 0 Å². The quantitative estimate of drug-likeness (QED) is 0.772. The summed E-state index contributed by atoms with van der Waals surface area (Å²) in [5, 5.41) is 0.913. The smallest absolute Gasteiger partial charge is 0.176 e. The zero-order valence-electron chi connectivity index (χ0n) is 9.24. The number of aromatic nitrogens is 1. The van der Waals surface area contributed by atoms with Gasteiger partial charge >= 0.3 is 0 Å². The molecular formula is C10H16N2O2S. The molecule has 2 N–H and O–H groups in total. The summed E-state index contributed by atoms with van der Waals surface area (Å²) in [6, 6.07) is -0.232. The lowest BCUT2D eigenvalue weighted by Gasteiger charge is -2.08. The van der Waals surface area contributed by atoms with E-state index < -0.39 is 0 Å². The summed E-state index contributed by atoms with van der Waals surface area (Å²) in [6.45, 7) is 4.14. The van der Waals surface area contributed by atoms with Gasteiger partial charge in [-0.05, 0) is 13.8 Å². The zero-order chi connectivity index (χ0) is 11.4. The number of nitrogens with two attached hydrogens (primary N) is 1. The first-order valence-electron chi connectivity index (χ1n) is 4.76. The molecule has 0 bridgehead atoms. The molecule has 0 amide bonds. The number of aryl methyl sites for hydroxylation is 2. The molecule has 0 saturated heterocycles. The molecule has 1 aromatic heterocycles. The lowest BCUT2D eigenvalue weighted by atomic mass is 10.1. The molecule has 0 fully saturated rings. The monoisotopic (exact) mass is 228 g/mol. The normalized spacial score (nSPS) is 12.8. The first kappa shape index (κ1) is 12.3. The number of carbonyl (C=O) groups excluding carboxylic acids is 1. The molecule has 5 heteroatoms. The van der Waals surface area contributed by atoms with Gasteiger partial charge in [-0.3, -0.25) is 4.79 Å². The molecule has 1 atom stereocenters. The molecule has 0 saturated carbocycles. The van der Waals surface area contributed by atoms with Gasteiger partial charge in [-0.25, -0.2) is 4.98 Å². The third-order valence-corrected chi connectivity index (χ3v) is 3.10. The first-order valence-corrected chi connectivity index (χ1v) is 5.58. The maximum Gasteiger partial charge on any atom is 0.176 e. The number of carbonyl (C=O) groups is 1. The Hall–Kier alpha value is -0.780. The second-order valence-electron chi connectivity index (χ2n) is 3.49. The molecule has 15 heavy (non-hydrogen) atoms. The van der Waals surface area contributed by atoms with Crippen LogP contribution in [0.15, 0.2) is 0 Å². The minimum atomic E-state index is -0.232. The van der Waals surface area contributed by atoms with E-state index in [1.165, 1.54) is 11.3 Å². The number of ketones is 1. The molecule has 1 unspecified atom stereocenters. The van der Waals surface area contributed by atoms with E-state index in [9.17, 15) is 4.79 Å². The Morgan fingerprint density at radius 3 is 2.73 bits per heavy atom. The maximum atomic E-state index is 11.8. The molecule has 1 heterocycles. The number of hydrogen-bond donors (Lipinski definition) is 1. The summed E-state index contributed by atoms with van der Waals surface area (Å²) < 4.78 is 4.89. The lowest BCUT2D eigenvalue weighted by Crippen LogP contribution is -2.28. The van der Waals surface area contributed by atoms with Gasteiger partial charge in [-0.2, -0.15) is 0 Å². The molecule has 0 radical (unpaired) electrons. The van der Waals surface area contributed by atoms with Crippen LogP contribution in [-0.4, -0.2) is 30.5 Å². The Bertz CT molecular complexity index is 349. The summed E-state index contributed by atoms with van der Waals surface area (Å²) in [5.41, 5.74) is 6.52. The molecule has 0 aromatic carbocycles. The van der Waals surface area contributed by atoms with E-state index >= 15 is 0 Å². The zero-order valence-corrected chi connectivity index (χ0v) is 10.1. The topological polar surface area (TPSA) is 65.2 Å². The Kier molecular flexibility index (Phi) is 4.38. The van der Waals surface area contributed by atoms with Crippen LogP contribution < -0.4 is 5.73 Å². The van der Waals surface area contributed by atoms with Gasteiger partial charge < -0.3 is 10.5 Å². The van der Waals surface area contributed by atoms with Crippen molar-refractivity contribution in [2.75, 3.05) is 13.7 Å². The molecule has 4 nitrogen and oxygen atoms in total. The van der Waals surface area contributed by atoms with Gasteiger partial charge in [0.25, 0.3) is 0 Å². The molecule has 0 aliphatic heterocycles. The van der Waals surface area contributed by atoms with Crippen LogP contribution in [0.4, 0.5) is 0 Å². The largest absolute Gasteiger partial charge is 0.383 e. The third kappa shape index (κ3) is 3.37. The van der Waals surface area contributed by atoms with Crippen molar-refractivity contribution in [2.45, 2.75) is 26.3 Å². The van der Waals surface area contributed by atoms with Crippen LogP contribution in [0.25, 0.3) is 0 Å². The van der Waals surface area contributed by atoms with Crippen LogP contribution in [0.2, 0.25) is 0 Å². The predicted molar refractivity (Wildman–Crippen MR) is 60.4 cm³/mol. The van der Waals surface area contributed by atoms with Crippen molar-refractivity contribution in [3.8, 4) is 0 Å². The average Bonchev–Trinajstić information content (AvgIpc) is 2.45. The first-order chi connectivity index (χ1) is 7.04. The highest BCUT2D eigenvalue weighted by Gasteiger charge is 2.16. The summed E-state index contributed by atoms with van der Waals surface area (Å²) in [5.74, 6) is 0.0580. The number of ether oxygens (including phenoxy) is 1. The highest BCUT2D eigenvalue weighted by atomic mass is 32.1. The van der Waals surface area contributed by atoms with Gasteiger partial charge in [-0.15, -0.1) is 11.3 Å². The van der Waals surface area contributed by atoms with Crippen LogP contribution >= 0.6 is 11.3 Å². The third-order valence-electron chi connectivity index (χ3n) is 1.99. The lowest BCUT2D eigenvalue weighted by molar-refractivity contribution is 0.0952. The molecule has 84 valence electrons. The van der Waals surface area contributed by atoms with E-state index in [2.05, 4.69) is 4.98 Å². The predicted octanol–water partition coefficient (Wildman–Crippen LogP) is 1.31. The van der Waals surface area contributed by atoms with E-state index in [0.29, 0.717) is 13.0 Å². The Morgan fingerprint density at radius 1 is 1.60 bits per heavy atom. The summed E-state index contributed by atoms with van der Waals surface area (Å²) in [7, 11) is 1.58. The summed E-state index contributed by atoms with van der Waals surface area (Å²) >= 11 is 1.43. The maximum absolute atomic E-state index is 11.8. The van der Waals surface area contributed by atoms with Crippen molar-refractivity contribution < 1.29 is 9.53 Å². The number of rotatable bonds is 5. The Labute approximate surface area is 93.5 Å². The van der Waals surface area contributed by atoms with Gasteiger partial charge in [-0.1, -0.05) is 0 Å².